The summed E-state index contributed by atoms with van der Waals surface area (Å²) in [6.07, 6.45) is 11.1. The Hall–Kier alpha value is -8.01. The quantitative estimate of drug-likeness (QED) is 0.0618. The summed E-state index contributed by atoms with van der Waals surface area (Å²) in [6.45, 7) is 13.9. The third-order valence-electron chi connectivity index (χ3n) is 13.8. The summed E-state index contributed by atoms with van der Waals surface area (Å²) in [5, 5.41) is 35.5. The van der Waals surface area contributed by atoms with Crippen molar-refractivity contribution in [3.63, 3.8) is 0 Å². The first-order chi connectivity index (χ1) is 41.3. The highest BCUT2D eigenvalue weighted by Crippen LogP contribution is 2.41. The maximum Gasteiger partial charge on any atom is 0.265 e. The maximum atomic E-state index is 13.5. The molecule has 21 nitrogen and oxygen atoms in total. The SMILES string of the molecule is COC1NC=C(C)c2c1cccc2S(=O)(=O)N1CCc2ncc(C#N)cc21.COc1ncc(C)c2c(S(=O)(=O)Cl)cccc12.COc1ncc(C)c2c(S(=O)(=O)N3CCc4ncc(C#N)cc43)cccc12.C[Si](C)(C)I.N#Cc1cnc2c(c1)NCC2. The zero-order valence-electron chi connectivity index (χ0n) is 48.8. The standard InChI is InChI=1S/C19H18N4O3S.C19H16N4O3S.C11H10ClNO3S.C8H7N3.C3H9ISi/c2*1-12-10-22-19(26-2)14-4-3-5-17(18(12)14)27(24,25)23-7-6-15-16(23)8-13(9-20)11-21-15;1-7-6-13-11(16-2)8-4-3-5-9(10(7)8)17(12,14)15;9-4-6-3-8-7(11-5-6)1-2-10-8;1-5(2,3)4/h3-5,8,10-11,19,22H,6-7H2,1-2H3;3-5,8,10-11H,6-7H2,1-2H3;3-6H,1-2H3;3,5,10H,1-2H2;1-3H3. The van der Waals surface area contributed by atoms with Crippen LogP contribution in [0.2, 0.25) is 19.6 Å². The average Bonchev–Trinajstić information content (AvgIpc) is 1.90. The Bertz CT molecular complexity index is 4510. The molecule has 8 aromatic rings. The second kappa shape index (κ2) is 26.9. The lowest BCUT2D eigenvalue weighted by atomic mass is 9.97. The maximum absolute atomic E-state index is 13.5. The van der Waals surface area contributed by atoms with Crippen molar-refractivity contribution < 1.29 is 39.5 Å². The first-order valence-electron chi connectivity index (χ1n) is 26.8. The summed E-state index contributed by atoms with van der Waals surface area (Å²) in [5.74, 6) is 0.760. The van der Waals surface area contributed by atoms with E-state index in [0.29, 0.717) is 97.7 Å². The molecule has 0 spiro atoms. The second-order valence-corrected chi connectivity index (χ2v) is 40.9. The van der Waals surface area contributed by atoms with Gasteiger partial charge in [-0.1, -0.05) is 43.9 Å². The molecule has 0 amide bonds. The number of aryl methyl sites for hydroxylation is 2. The molecule has 450 valence electrons. The highest BCUT2D eigenvalue weighted by atomic mass is 127. The molecule has 87 heavy (non-hydrogen) atoms. The van der Waals surface area contributed by atoms with Crippen LogP contribution >= 0.6 is 32.5 Å². The van der Waals surface area contributed by atoms with E-state index in [0.717, 1.165) is 46.6 Å². The number of allylic oxidation sites excluding steroid dienone is 1. The molecular formula is C60H60ClIN12O9S3Si. The molecule has 3 aromatic carbocycles. The number of pyridine rings is 5. The second-order valence-electron chi connectivity index (χ2n) is 20.9. The van der Waals surface area contributed by atoms with Gasteiger partial charge in [-0.15, -0.1) is 21.8 Å². The van der Waals surface area contributed by atoms with Gasteiger partial charge in [0.05, 0.1) is 79.7 Å². The summed E-state index contributed by atoms with van der Waals surface area (Å²) in [7, 11) is -1.48. The van der Waals surface area contributed by atoms with Crippen molar-refractivity contribution in [3.8, 4) is 30.0 Å². The van der Waals surface area contributed by atoms with Crippen molar-refractivity contribution >= 4 is 111 Å². The summed E-state index contributed by atoms with van der Waals surface area (Å²) < 4.78 is 95.6. The van der Waals surface area contributed by atoms with Gasteiger partial charge in [0, 0.05) is 127 Å². The Kier molecular flexibility index (Phi) is 20.1. The normalized spacial score (nSPS) is 14.5. The van der Waals surface area contributed by atoms with E-state index in [-0.39, 0.29) is 21.2 Å². The number of anilines is 3. The van der Waals surface area contributed by atoms with E-state index in [1.165, 1.54) is 41.3 Å². The minimum atomic E-state index is -3.85. The Labute approximate surface area is 524 Å². The first-order valence-corrected chi connectivity index (χ1v) is 38.6. The fourth-order valence-corrected chi connectivity index (χ4v) is 14.7. The molecule has 0 fully saturated rings. The summed E-state index contributed by atoms with van der Waals surface area (Å²) in [5.41, 5.74) is 8.78. The van der Waals surface area contributed by atoms with Crippen molar-refractivity contribution in [1.82, 2.24) is 30.2 Å². The monoisotopic (exact) mass is 1380 g/mol. The van der Waals surface area contributed by atoms with E-state index in [1.807, 2.05) is 38.1 Å². The molecule has 4 aliphatic heterocycles. The number of hydrogen-bond acceptors (Lipinski definition) is 19. The van der Waals surface area contributed by atoms with E-state index >= 15 is 0 Å². The third-order valence-corrected chi connectivity index (χ3v) is 18.9. The van der Waals surface area contributed by atoms with Crippen LogP contribution in [-0.4, -0.2) is 96.7 Å². The molecule has 0 aliphatic carbocycles. The van der Waals surface area contributed by atoms with Crippen LogP contribution < -0.4 is 28.7 Å². The Morgan fingerprint density at radius 3 is 1.55 bits per heavy atom. The molecule has 1 unspecified atom stereocenters. The topological polar surface area (TPSA) is 296 Å². The summed E-state index contributed by atoms with van der Waals surface area (Å²) in [6, 6.07) is 26.2. The molecule has 1 atom stereocenters. The number of methoxy groups -OCH3 is 3. The van der Waals surface area contributed by atoms with Gasteiger partial charge in [0.25, 0.3) is 29.1 Å². The van der Waals surface area contributed by atoms with Gasteiger partial charge in [-0.25, -0.2) is 35.2 Å². The van der Waals surface area contributed by atoms with Gasteiger partial charge < -0.3 is 24.8 Å². The average molecular weight is 1380 g/mol. The van der Waals surface area contributed by atoms with Crippen molar-refractivity contribution in [1.29, 1.82) is 15.8 Å². The molecule has 12 rings (SSSR count). The van der Waals surface area contributed by atoms with E-state index in [1.54, 1.807) is 93.4 Å². The predicted molar refractivity (Wildman–Crippen MR) is 345 cm³/mol. The number of fused-ring (bicyclic) bond motifs is 6. The Morgan fingerprint density at radius 1 is 0.621 bits per heavy atom. The van der Waals surface area contributed by atoms with Crippen molar-refractivity contribution in [2.75, 3.05) is 54.9 Å². The molecule has 5 aromatic heterocycles. The van der Waals surface area contributed by atoms with Gasteiger partial charge in [0.2, 0.25) is 11.8 Å². The van der Waals surface area contributed by atoms with Crippen LogP contribution in [0.3, 0.4) is 0 Å². The first kappa shape index (κ1) is 65.0. The number of halogens is 2. The summed E-state index contributed by atoms with van der Waals surface area (Å²) >= 11 is 2.52. The van der Waals surface area contributed by atoms with Crippen molar-refractivity contribution in [2.24, 2.45) is 0 Å². The third kappa shape index (κ3) is 14.2. The molecule has 27 heteroatoms. The number of aromatic nitrogens is 5. The number of nitrogens with one attached hydrogen (secondary N) is 2. The molecule has 4 aliphatic rings. The van der Waals surface area contributed by atoms with Crippen molar-refractivity contribution in [2.45, 2.75) is 80.6 Å². The fourth-order valence-electron chi connectivity index (χ4n) is 10.0. The molecule has 0 radical (unpaired) electrons. The minimum absolute atomic E-state index is 0.0786. The van der Waals surface area contributed by atoms with Crippen LogP contribution in [0.4, 0.5) is 17.1 Å². The smallest absolute Gasteiger partial charge is 0.265 e. The highest BCUT2D eigenvalue weighted by Gasteiger charge is 2.37. The molecular weight excluding hydrogens is 1320 g/mol. The largest absolute Gasteiger partial charge is 0.481 e. The van der Waals surface area contributed by atoms with Crippen LogP contribution in [0.1, 0.15) is 69.2 Å². The molecule has 9 heterocycles. The van der Waals surface area contributed by atoms with Gasteiger partial charge in [-0.2, -0.15) is 15.8 Å². The zero-order chi connectivity index (χ0) is 63.2. The van der Waals surface area contributed by atoms with Gasteiger partial charge in [-0.3, -0.25) is 23.6 Å². The van der Waals surface area contributed by atoms with Crippen LogP contribution in [0, 0.1) is 47.8 Å². The Morgan fingerprint density at radius 2 is 1.07 bits per heavy atom. The molecule has 2 N–H and O–H groups in total. The Balaban J connectivity index is 0.000000153. The number of rotatable bonds is 8. The number of nitrogens with zero attached hydrogens (tertiary/aromatic N) is 10. The van der Waals surface area contributed by atoms with E-state index < -0.39 is 40.9 Å². The van der Waals surface area contributed by atoms with Gasteiger partial charge in [0.15, 0.2) is 6.23 Å². The van der Waals surface area contributed by atoms with Crippen LogP contribution in [-0.2, 0) is 53.1 Å². The molecule has 0 saturated carbocycles. The lowest BCUT2D eigenvalue weighted by Crippen LogP contribution is -2.31. The molecule has 0 saturated heterocycles. The zero-order valence-corrected chi connectivity index (χ0v) is 55.2. The van der Waals surface area contributed by atoms with Crippen LogP contribution in [0.5, 0.6) is 11.8 Å². The fraction of sp³-hybridized carbons (Fsp3) is 0.267. The van der Waals surface area contributed by atoms with Crippen LogP contribution in [0.15, 0.2) is 125 Å². The van der Waals surface area contributed by atoms with Crippen molar-refractivity contribution in [3.05, 3.63) is 166 Å². The number of nitriles is 3. The number of sulfonamides is 2. The predicted octanol–water partition coefficient (Wildman–Crippen LogP) is 10.5. The van der Waals surface area contributed by atoms with Gasteiger partial charge in [-0.05, 0) is 86.0 Å². The van der Waals surface area contributed by atoms with E-state index in [2.05, 4.69) is 83.1 Å². The number of hydrogen-bond donors (Lipinski definition) is 2. The molecule has 0 bridgehead atoms. The van der Waals surface area contributed by atoms with E-state index in [9.17, 15) is 25.3 Å². The number of ether oxygens (including phenoxy) is 3. The van der Waals surface area contributed by atoms with E-state index in [4.69, 9.17) is 40.7 Å². The lowest BCUT2D eigenvalue weighted by Gasteiger charge is -2.28. The lowest BCUT2D eigenvalue weighted by molar-refractivity contribution is 0.0843. The summed E-state index contributed by atoms with van der Waals surface area (Å²) in [4.78, 5) is 21.4. The van der Waals surface area contributed by atoms with Gasteiger partial charge >= 0.3 is 0 Å². The van der Waals surface area contributed by atoms with Crippen LogP contribution in [0.25, 0.3) is 27.1 Å². The number of benzene rings is 3. The minimum Gasteiger partial charge on any atom is -0.481 e. The van der Waals surface area contributed by atoms with Gasteiger partial charge in [0.1, 0.15) is 23.8 Å². The highest BCUT2D eigenvalue weighted by molar-refractivity contribution is 14.1.